The van der Waals surface area contributed by atoms with Crippen molar-refractivity contribution in [3.63, 3.8) is 0 Å². The summed E-state index contributed by atoms with van der Waals surface area (Å²) in [7, 11) is 0. The van der Waals surface area contributed by atoms with Crippen LogP contribution in [0.5, 0.6) is 0 Å². The second-order valence-electron chi connectivity index (χ2n) is 6.84. The number of aliphatic carboxylic acids is 1. The van der Waals surface area contributed by atoms with E-state index in [1.165, 1.54) is 25.8 Å². The quantitative estimate of drug-likeness (QED) is 0.840. The Hall–Kier alpha value is -0.570. The number of carbonyl (C=O) groups is 1. The standard InChI is InChI=1S/C15H27NO2/c1-11-6-4-8-13(11)16-9-5-7-12(10-16)15(2,3)14(17)18/h11-13H,4-10H2,1-3H3,(H,17,18). The fraction of sp³-hybridized carbons (Fsp3) is 0.933. The highest BCUT2D eigenvalue weighted by molar-refractivity contribution is 5.74. The van der Waals surface area contributed by atoms with E-state index in [0.717, 1.165) is 25.3 Å². The molecule has 1 aliphatic carbocycles. The fourth-order valence-corrected chi connectivity index (χ4v) is 3.74. The molecule has 0 aromatic carbocycles. The monoisotopic (exact) mass is 253 g/mol. The maximum atomic E-state index is 11.4. The zero-order chi connectivity index (χ0) is 13.3. The number of nitrogens with zero attached hydrogens (tertiary/aromatic N) is 1. The Labute approximate surface area is 111 Å². The molecule has 1 saturated carbocycles. The van der Waals surface area contributed by atoms with Crippen LogP contribution in [0.4, 0.5) is 0 Å². The topological polar surface area (TPSA) is 40.5 Å². The number of likely N-dealkylation sites (tertiary alicyclic amines) is 1. The molecule has 2 aliphatic rings. The average molecular weight is 253 g/mol. The van der Waals surface area contributed by atoms with E-state index in [-0.39, 0.29) is 0 Å². The van der Waals surface area contributed by atoms with Gasteiger partial charge in [-0.15, -0.1) is 0 Å². The number of hydrogen-bond donors (Lipinski definition) is 1. The lowest BCUT2D eigenvalue weighted by Crippen LogP contribution is -2.49. The van der Waals surface area contributed by atoms with Gasteiger partial charge in [-0.1, -0.05) is 13.3 Å². The van der Waals surface area contributed by atoms with Gasteiger partial charge in [-0.25, -0.2) is 0 Å². The molecule has 3 heteroatoms. The molecule has 0 bridgehead atoms. The largest absolute Gasteiger partial charge is 0.481 e. The third-order valence-electron chi connectivity index (χ3n) is 5.31. The van der Waals surface area contributed by atoms with Crippen molar-refractivity contribution in [2.75, 3.05) is 13.1 Å². The van der Waals surface area contributed by atoms with Gasteiger partial charge in [0.15, 0.2) is 0 Å². The Morgan fingerprint density at radius 1 is 1.22 bits per heavy atom. The molecular formula is C15H27NO2. The second-order valence-corrected chi connectivity index (χ2v) is 6.84. The molecule has 1 saturated heterocycles. The van der Waals surface area contributed by atoms with Crippen molar-refractivity contribution in [2.24, 2.45) is 17.3 Å². The molecule has 0 spiro atoms. The van der Waals surface area contributed by atoms with Crippen LogP contribution in [0.15, 0.2) is 0 Å². The Bertz CT molecular complexity index is 314. The summed E-state index contributed by atoms with van der Waals surface area (Å²) in [6.45, 7) is 8.28. The van der Waals surface area contributed by atoms with E-state index in [0.29, 0.717) is 12.0 Å². The smallest absolute Gasteiger partial charge is 0.309 e. The van der Waals surface area contributed by atoms with Crippen LogP contribution in [-0.4, -0.2) is 35.1 Å². The lowest BCUT2D eigenvalue weighted by atomic mass is 9.74. The van der Waals surface area contributed by atoms with E-state index in [2.05, 4.69) is 11.8 Å². The van der Waals surface area contributed by atoms with Crippen molar-refractivity contribution >= 4 is 5.97 Å². The van der Waals surface area contributed by atoms with Crippen molar-refractivity contribution in [1.29, 1.82) is 0 Å². The highest BCUT2D eigenvalue weighted by Gasteiger charge is 2.41. The van der Waals surface area contributed by atoms with Crippen molar-refractivity contribution < 1.29 is 9.90 Å². The van der Waals surface area contributed by atoms with Gasteiger partial charge in [0.25, 0.3) is 0 Å². The normalized spacial score (nSPS) is 34.7. The fourth-order valence-electron chi connectivity index (χ4n) is 3.74. The van der Waals surface area contributed by atoms with Gasteiger partial charge in [0.2, 0.25) is 0 Å². The van der Waals surface area contributed by atoms with E-state index < -0.39 is 11.4 Å². The van der Waals surface area contributed by atoms with E-state index in [1.807, 2.05) is 13.8 Å². The first-order chi connectivity index (χ1) is 8.43. The van der Waals surface area contributed by atoms with Crippen LogP contribution in [0, 0.1) is 17.3 Å². The van der Waals surface area contributed by atoms with Crippen molar-refractivity contribution in [3.8, 4) is 0 Å². The average Bonchev–Trinajstić information content (AvgIpc) is 2.75. The van der Waals surface area contributed by atoms with Crippen LogP contribution in [-0.2, 0) is 4.79 Å². The van der Waals surface area contributed by atoms with Crippen LogP contribution in [0.2, 0.25) is 0 Å². The van der Waals surface area contributed by atoms with E-state index >= 15 is 0 Å². The number of piperidine rings is 1. The predicted molar refractivity (Wildman–Crippen MR) is 72.5 cm³/mol. The molecule has 3 atom stereocenters. The zero-order valence-corrected chi connectivity index (χ0v) is 12.0. The first-order valence-electron chi connectivity index (χ1n) is 7.40. The summed E-state index contributed by atoms with van der Waals surface area (Å²) in [4.78, 5) is 14.0. The van der Waals surface area contributed by atoms with Crippen LogP contribution in [0.1, 0.15) is 52.9 Å². The molecule has 104 valence electrons. The minimum absolute atomic E-state index is 0.302. The van der Waals surface area contributed by atoms with Gasteiger partial charge in [-0.2, -0.15) is 0 Å². The van der Waals surface area contributed by atoms with Crippen LogP contribution < -0.4 is 0 Å². The van der Waals surface area contributed by atoms with Gasteiger partial charge in [-0.3, -0.25) is 9.69 Å². The van der Waals surface area contributed by atoms with Crippen LogP contribution in [0.25, 0.3) is 0 Å². The zero-order valence-electron chi connectivity index (χ0n) is 12.0. The molecule has 0 radical (unpaired) electrons. The summed E-state index contributed by atoms with van der Waals surface area (Å²) in [6.07, 6.45) is 6.21. The third kappa shape index (κ3) is 2.56. The number of hydrogen-bond acceptors (Lipinski definition) is 2. The summed E-state index contributed by atoms with van der Waals surface area (Å²) in [5, 5.41) is 9.38. The van der Waals surface area contributed by atoms with Gasteiger partial charge in [0, 0.05) is 12.6 Å². The van der Waals surface area contributed by atoms with Crippen molar-refractivity contribution in [1.82, 2.24) is 4.90 Å². The maximum Gasteiger partial charge on any atom is 0.309 e. The molecule has 2 rings (SSSR count). The van der Waals surface area contributed by atoms with Crippen molar-refractivity contribution in [3.05, 3.63) is 0 Å². The molecule has 3 nitrogen and oxygen atoms in total. The molecule has 0 aromatic heterocycles. The molecule has 0 amide bonds. The highest BCUT2D eigenvalue weighted by atomic mass is 16.4. The molecule has 1 heterocycles. The number of carboxylic acids is 1. The second kappa shape index (κ2) is 5.20. The van der Waals surface area contributed by atoms with Gasteiger partial charge in [-0.05, 0) is 57.9 Å². The van der Waals surface area contributed by atoms with Crippen LogP contribution >= 0.6 is 0 Å². The molecule has 0 aromatic rings. The minimum Gasteiger partial charge on any atom is -0.481 e. The summed E-state index contributed by atoms with van der Waals surface area (Å²) < 4.78 is 0. The summed E-state index contributed by atoms with van der Waals surface area (Å²) >= 11 is 0. The SMILES string of the molecule is CC1CCCC1N1CCCC(C(C)(C)C(=O)O)C1. The van der Waals surface area contributed by atoms with Gasteiger partial charge in [0.1, 0.15) is 0 Å². The van der Waals surface area contributed by atoms with Gasteiger partial charge >= 0.3 is 5.97 Å². The van der Waals surface area contributed by atoms with Gasteiger partial charge in [0.05, 0.1) is 5.41 Å². The lowest BCUT2D eigenvalue weighted by Gasteiger charge is -2.42. The summed E-state index contributed by atoms with van der Waals surface area (Å²) in [5.41, 5.74) is -0.583. The maximum absolute atomic E-state index is 11.4. The highest BCUT2D eigenvalue weighted by Crippen LogP contribution is 2.38. The van der Waals surface area contributed by atoms with Crippen molar-refractivity contribution in [2.45, 2.75) is 58.9 Å². The first kappa shape index (κ1) is 13.9. The number of carboxylic acid groups (broad SMARTS) is 1. The Kier molecular flexibility index (Phi) is 4.00. The molecule has 3 unspecified atom stereocenters. The third-order valence-corrected chi connectivity index (χ3v) is 5.31. The summed E-state index contributed by atoms with van der Waals surface area (Å²) in [5.74, 6) is 0.446. The van der Waals surface area contributed by atoms with E-state index in [1.54, 1.807) is 0 Å². The number of rotatable bonds is 3. The molecule has 1 N–H and O–H groups in total. The molecule has 2 fully saturated rings. The van der Waals surface area contributed by atoms with Gasteiger partial charge < -0.3 is 5.11 Å². The molecular weight excluding hydrogens is 226 g/mol. The summed E-state index contributed by atoms with van der Waals surface area (Å²) in [6, 6.07) is 0.706. The Morgan fingerprint density at radius 3 is 2.50 bits per heavy atom. The van der Waals surface area contributed by atoms with E-state index in [4.69, 9.17) is 0 Å². The molecule has 1 aliphatic heterocycles. The minimum atomic E-state index is -0.645. The van der Waals surface area contributed by atoms with Crippen LogP contribution in [0.3, 0.4) is 0 Å². The predicted octanol–water partition coefficient (Wildman–Crippen LogP) is 3.00. The lowest BCUT2D eigenvalue weighted by molar-refractivity contribution is -0.151. The first-order valence-corrected chi connectivity index (χ1v) is 7.40. The van der Waals surface area contributed by atoms with E-state index in [9.17, 15) is 9.90 Å². The Balaban J connectivity index is 2.02. The molecule has 18 heavy (non-hydrogen) atoms. The Morgan fingerprint density at radius 2 is 1.94 bits per heavy atom.